The van der Waals surface area contributed by atoms with Gasteiger partial charge in [0.05, 0.1) is 12.2 Å². The smallest absolute Gasteiger partial charge is 0.111 e. The maximum atomic E-state index is 9.70. The molecule has 0 aromatic rings. The van der Waals surface area contributed by atoms with Crippen LogP contribution in [-0.4, -0.2) is 45.8 Å². The van der Waals surface area contributed by atoms with E-state index in [1.807, 2.05) is 13.8 Å². The molecule has 1 saturated heterocycles. The Bertz CT molecular complexity index is 217. The monoisotopic (exact) mass is 216 g/mol. The molecule has 0 aromatic carbocycles. The molecule has 5 atom stereocenters. The molecule has 1 fully saturated rings. The van der Waals surface area contributed by atoms with Crippen LogP contribution in [0.3, 0.4) is 0 Å². The lowest BCUT2D eigenvalue weighted by Gasteiger charge is -2.42. The minimum atomic E-state index is -1.14. The Balaban J connectivity index is 2.75. The third-order valence-corrected chi connectivity index (χ3v) is 2.81. The highest BCUT2D eigenvalue weighted by Crippen LogP contribution is 2.27. The molecule has 3 unspecified atom stereocenters. The Morgan fingerprint density at radius 1 is 1.20 bits per heavy atom. The summed E-state index contributed by atoms with van der Waals surface area (Å²) in [6, 6.07) is 0. The zero-order chi connectivity index (χ0) is 11.6. The van der Waals surface area contributed by atoms with Crippen LogP contribution in [0.1, 0.15) is 20.3 Å². The molecule has 3 N–H and O–H groups in total. The Morgan fingerprint density at radius 3 is 2.27 bits per heavy atom. The number of ether oxygens (including phenoxy) is 1. The lowest BCUT2D eigenvalue weighted by Crippen LogP contribution is -2.58. The van der Waals surface area contributed by atoms with Crippen molar-refractivity contribution in [2.75, 3.05) is 0 Å². The summed E-state index contributed by atoms with van der Waals surface area (Å²) in [5, 5.41) is 29.0. The second-order valence-corrected chi connectivity index (χ2v) is 4.38. The van der Waals surface area contributed by atoms with Crippen molar-refractivity contribution in [3.8, 4) is 0 Å². The van der Waals surface area contributed by atoms with E-state index >= 15 is 0 Å². The lowest BCUT2D eigenvalue weighted by molar-refractivity contribution is -0.230. The molecule has 1 aliphatic rings. The molecule has 1 aliphatic heterocycles. The van der Waals surface area contributed by atoms with Crippen LogP contribution in [0.15, 0.2) is 12.7 Å². The lowest BCUT2D eigenvalue weighted by atomic mass is 9.88. The van der Waals surface area contributed by atoms with Crippen LogP contribution < -0.4 is 0 Å². The van der Waals surface area contributed by atoms with Crippen LogP contribution >= 0.6 is 0 Å². The van der Waals surface area contributed by atoms with E-state index in [-0.39, 0.29) is 5.92 Å². The fourth-order valence-corrected chi connectivity index (χ4v) is 1.89. The van der Waals surface area contributed by atoms with Gasteiger partial charge in [-0.1, -0.05) is 19.9 Å². The fourth-order valence-electron chi connectivity index (χ4n) is 1.89. The average Bonchev–Trinajstić information content (AvgIpc) is 2.18. The molecule has 0 radical (unpaired) electrons. The van der Waals surface area contributed by atoms with Crippen molar-refractivity contribution in [2.24, 2.45) is 5.92 Å². The second kappa shape index (κ2) is 5.07. The third-order valence-electron chi connectivity index (χ3n) is 2.81. The van der Waals surface area contributed by atoms with E-state index < -0.39 is 30.5 Å². The molecular formula is C11H20O4. The molecule has 15 heavy (non-hydrogen) atoms. The molecule has 0 bridgehead atoms. The Kier molecular flexibility index (Phi) is 4.28. The van der Waals surface area contributed by atoms with E-state index in [1.165, 1.54) is 0 Å². The number of hydrogen-bond acceptors (Lipinski definition) is 4. The SMILES string of the molecule is C=CCC1O[C@@H](C(C)C)C(O)C(O)[C@H]1O. The van der Waals surface area contributed by atoms with Crippen LogP contribution in [0.4, 0.5) is 0 Å². The normalized spacial score (nSPS) is 41.9. The summed E-state index contributed by atoms with van der Waals surface area (Å²) in [5.41, 5.74) is 0. The molecule has 0 saturated carbocycles. The average molecular weight is 216 g/mol. The van der Waals surface area contributed by atoms with Crippen molar-refractivity contribution in [2.45, 2.75) is 50.8 Å². The van der Waals surface area contributed by atoms with Gasteiger partial charge in [-0.2, -0.15) is 0 Å². The van der Waals surface area contributed by atoms with Crippen LogP contribution in [0.25, 0.3) is 0 Å². The summed E-state index contributed by atoms with van der Waals surface area (Å²) in [7, 11) is 0. The highest BCUT2D eigenvalue weighted by molar-refractivity contribution is 4.95. The molecule has 88 valence electrons. The van der Waals surface area contributed by atoms with Gasteiger partial charge in [0, 0.05) is 0 Å². The number of aliphatic hydroxyl groups excluding tert-OH is 3. The van der Waals surface area contributed by atoms with Gasteiger partial charge in [0.25, 0.3) is 0 Å². The first-order valence-electron chi connectivity index (χ1n) is 5.29. The van der Waals surface area contributed by atoms with Gasteiger partial charge in [-0.3, -0.25) is 0 Å². The summed E-state index contributed by atoms with van der Waals surface area (Å²) in [6.07, 6.45) is -2.03. The summed E-state index contributed by atoms with van der Waals surface area (Å²) in [6.45, 7) is 7.38. The molecule has 1 rings (SSSR count). The first kappa shape index (κ1) is 12.6. The predicted octanol–water partition coefficient (Wildman–Crippen LogP) is 0.0686. The van der Waals surface area contributed by atoms with E-state index in [4.69, 9.17) is 4.74 Å². The standard InChI is InChI=1S/C11H20O4/c1-4-5-7-8(12)9(13)10(14)11(15-7)6(2)3/h4,6-14H,1,5H2,2-3H3/t7?,8-,9?,10?,11-/m0/s1. The largest absolute Gasteiger partial charge is 0.388 e. The maximum Gasteiger partial charge on any atom is 0.111 e. The van der Waals surface area contributed by atoms with Crippen molar-refractivity contribution >= 4 is 0 Å². The molecule has 0 aliphatic carbocycles. The molecule has 0 amide bonds. The molecule has 4 heteroatoms. The van der Waals surface area contributed by atoms with E-state index in [1.54, 1.807) is 6.08 Å². The van der Waals surface area contributed by atoms with Crippen LogP contribution in [0, 0.1) is 5.92 Å². The van der Waals surface area contributed by atoms with Gasteiger partial charge in [-0.25, -0.2) is 0 Å². The van der Waals surface area contributed by atoms with Crippen molar-refractivity contribution in [3.63, 3.8) is 0 Å². The molecule has 1 heterocycles. The van der Waals surface area contributed by atoms with Crippen LogP contribution in [0.2, 0.25) is 0 Å². The summed E-state index contributed by atoms with van der Waals surface area (Å²) in [5.74, 6) is 0.0921. The van der Waals surface area contributed by atoms with Gasteiger partial charge in [0.1, 0.15) is 18.3 Å². The topological polar surface area (TPSA) is 69.9 Å². The highest BCUT2D eigenvalue weighted by atomic mass is 16.5. The van der Waals surface area contributed by atoms with Crippen molar-refractivity contribution in [1.82, 2.24) is 0 Å². The summed E-state index contributed by atoms with van der Waals surface area (Å²) >= 11 is 0. The van der Waals surface area contributed by atoms with Gasteiger partial charge in [-0.15, -0.1) is 6.58 Å². The van der Waals surface area contributed by atoms with Gasteiger partial charge in [-0.05, 0) is 12.3 Å². The van der Waals surface area contributed by atoms with Gasteiger partial charge in [0.15, 0.2) is 0 Å². The van der Waals surface area contributed by atoms with Crippen molar-refractivity contribution < 1.29 is 20.1 Å². The fraction of sp³-hybridized carbons (Fsp3) is 0.818. The highest BCUT2D eigenvalue weighted by Gasteiger charge is 2.43. The minimum absolute atomic E-state index is 0.0921. The predicted molar refractivity (Wildman–Crippen MR) is 56.3 cm³/mol. The van der Waals surface area contributed by atoms with E-state index in [9.17, 15) is 15.3 Å². The Hall–Kier alpha value is -0.420. The van der Waals surface area contributed by atoms with Crippen LogP contribution in [-0.2, 0) is 4.74 Å². The summed E-state index contributed by atoms with van der Waals surface area (Å²) in [4.78, 5) is 0. The molecule has 0 spiro atoms. The second-order valence-electron chi connectivity index (χ2n) is 4.38. The molecular weight excluding hydrogens is 196 g/mol. The Morgan fingerprint density at radius 2 is 1.80 bits per heavy atom. The first-order chi connectivity index (χ1) is 6.99. The van der Waals surface area contributed by atoms with Gasteiger partial charge in [0.2, 0.25) is 0 Å². The summed E-state index contributed by atoms with van der Waals surface area (Å²) < 4.78 is 5.55. The third kappa shape index (κ3) is 2.58. The van der Waals surface area contributed by atoms with E-state index in [0.717, 1.165) is 0 Å². The first-order valence-corrected chi connectivity index (χ1v) is 5.29. The maximum absolute atomic E-state index is 9.70. The van der Waals surface area contributed by atoms with Crippen LogP contribution in [0.5, 0.6) is 0 Å². The van der Waals surface area contributed by atoms with E-state index in [2.05, 4.69) is 6.58 Å². The van der Waals surface area contributed by atoms with E-state index in [0.29, 0.717) is 6.42 Å². The van der Waals surface area contributed by atoms with Crippen molar-refractivity contribution in [1.29, 1.82) is 0 Å². The minimum Gasteiger partial charge on any atom is -0.388 e. The molecule has 0 aromatic heterocycles. The number of rotatable bonds is 3. The zero-order valence-electron chi connectivity index (χ0n) is 9.21. The quantitative estimate of drug-likeness (QED) is 0.584. The molecule has 4 nitrogen and oxygen atoms in total. The van der Waals surface area contributed by atoms with Gasteiger partial charge >= 0.3 is 0 Å². The van der Waals surface area contributed by atoms with Crippen molar-refractivity contribution in [3.05, 3.63) is 12.7 Å². The zero-order valence-corrected chi connectivity index (χ0v) is 9.21. The van der Waals surface area contributed by atoms with Gasteiger partial charge < -0.3 is 20.1 Å². The number of aliphatic hydroxyl groups is 3. The number of hydrogen-bond donors (Lipinski definition) is 3. The Labute approximate surface area is 90.2 Å².